The normalized spacial score (nSPS) is 20.2. The van der Waals surface area contributed by atoms with Crippen molar-refractivity contribution >= 4 is 22.7 Å². The van der Waals surface area contributed by atoms with Gasteiger partial charge in [0.05, 0.1) is 25.3 Å². The zero-order valence-electron chi connectivity index (χ0n) is 19.0. The summed E-state index contributed by atoms with van der Waals surface area (Å²) in [6.07, 6.45) is 3.05. The average Bonchev–Trinajstić information content (AvgIpc) is 3.07. The number of rotatable bonds is 4. The Morgan fingerprint density at radius 3 is 2.55 bits per heavy atom. The molecule has 0 saturated carbocycles. The number of ether oxygens (including phenoxy) is 1. The molecule has 0 radical (unpaired) electrons. The Kier molecular flexibility index (Phi) is 5.73. The van der Waals surface area contributed by atoms with Gasteiger partial charge in [0, 0.05) is 62.6 Å². The minimum atomic E-state index is -0.374. The van der Waals surface area contributed by atoms with E-state index in [1.54, 1.807) is 14.0 Å². The van der Waals surface area contributed by atoms with Crippen LogP contribution in [0.2, 0.25) is 0 Å². The number of carbonyl (C=O) groups is 2. The molecule has 7 heteroatoms. The Balaban J connectivity index is 1.86. The highest BCUT2D eigenvalue weighted by Crippen LogP contribution is 2.50. The molecule has 0 unspecified atom stereocenters. The fourth-order valence-corrected chi connectivity index (χ4v) is 5.65. The Labute approximate surface area is 183 Å². The van der Waals surface area contributed by atoms with Crippen molar-refractivity contribution in [3.63, 3.8) is 0 Å². The number of hydrogen-bond donors (Lipinski definition) is 1. The highest BCUT2D eigenvalue weighted by Gasteiger charge is 2.49. The summed E-state index contributed by atoms with van der Waals surface area (Å²) in [7, 11) is 3.66. The van der Waals surface area contributed by atoms with Gasteiger partial charge in [-0.2, -0.15) is 0 Å². The van der Waals surface area contributed by atoms with E-state index in [1.165, 1.54) is 5.56 Å². The first kappa shape index (κ1) is 21.7. The summed E-state index contributed by atoms with van der Waals surface area (Å²) in [5.74, 6) is 0.965. The van der Waals surface area contributed by atoms with Gasteiger partial charge in [-0.05, 0) is 37.0 Å². The van der Waals surface area contributed by atoms with Crippen LogP contribution in [0.4, 0.5) is 0 Å². The molecule has 1 fully saturated rings. The van der Waals surface area contributed by atoms with Gasteiger partial charge >= 0.3 is 0 Å². The van der Waals surface area contributed by atoms with Crippen molar-refractivity contribution in [3.8, 4) is 5.75 Å². The number of aliphatic hydroxyl groups is 1. The number of nitrogens with zero attached hydrogens (tertiary/aromatic N) is 3. The van der Waals surface area contributed by atoms with Crippen molar-refractivity contribution < 1.29 is 19.4 Å². The molecule has 1 saturated heterocycles. The molecule has 4 rings (SSSR count). The molecule has 1 N–H and O–H groups in total. The van der Waals surface area contributed by atoms with Crippen molar-refractivity contribution in [3.05, 3.63) is 29.5 Å². The van der Waals surface area contributed by atoms with Crippen LogP contribution in [0.3, 0.4) is 0 Å². The Morgan fingerprint density at radius 1 is 1.26 bits per heavy atom. The van der Waals surface area contributed by atoms with E-state index >= 15 is 0 Å². The van der Waals surface area contributed by atoms with Crippen LogP contribution in [-0.4, -0.2) is 64.6 Å². The van der Waals surface area contributed by atoms with Crippen molar-refractivity contribution in [2.75, 3.05) is 33.4 Å². The lowest BCUT2D eigenvalue weighted by Gasteiger charge is -2.50. The van der Waals surface area contributed by atoms with Gasteiger partial charge < -0.3 is 24.2 Å². The summed E-state index contributed by atoms with van der Waals surface area (Å²) in [5, 5.41) is 11.4. The van der Waals surface area contributed by atoms with E-state index in [2.05, 4.69) is 10.6 Å². The number of aromatic nitrogens is 1. The van der Waals surface area contributed by atoms with Crippen LogP contribution in [0, 0.1) is 0 Å². The third kappa shape index (κ3) is 3.39. The molecule has 2 amide bonds. The average molecular weight is 428 g/mol. The van der Waals surface area contributed by atoms with Gasteiger partial charge in [0.1, 0.15) is 5.75 Å². The summed E-state index contributed by atoms with van der Waals surface area (Å²) < 4.78 is 7.56. The molecular formula is C24H33N3O4. The standard InChI is InChI=1S/C24H33N3O4/c1-5-6-21(30)26-11-9-24(10-12-26)15-27(16(2)29)20(14-28)23-22(24)18-8-7-17(31-4)13-19(18)25(23)3/h7-8,13,20,28H,5-6,9-12,14-15H2,1-4H3/t20-/m1/s1. The highest BCUT2D eigenvalue weighted by atomic mass is 16.5. The molecule has 1 spiro atoms. The molecule has 2 aliphatic rings. The quantitative estimate of drug-likeness (QED) is 0.814. The van der Waals surface area contributed by atoms with Crippen LogP contribution in [0.15, 0.2) is 18.2 Å². The van der Waals surface area contributed by atoms with Crippen LogP contribution in [0.5, 0.6) is 5.75 Å². The number of benzene rings is 1. The van der Waals surface area contributed by atoms with Gasteiger partial charge in [-0.1, -0.05) is 6.92 Å². The van der Waals surface area contributed by atoms with Crippen LogP contribution in [0.1, 0.15) is 56.8 Å². The number of methoxy groups -OCH3 is 1. The predicted molar refractivity (Wildman–Crippen MR) is 119 cm³/mol. The minimum Gasteiger partial charge on any atom is -0.497 e. The molecule has 1 aromatic carbocycles. The third-order valence-electron chi connectivity index (χ3n) is 7.26. The summed E-state index contributed by atoms with van der Waals surface area (Å²) in [5.41, 5.74) is 3.04. The molecular weight excluding hydrogens is 394 g/mol. The largest absolute Gasteiger partial charge is 0.497 e. The molecule has 1 aromatic heterocycles. The van der Waals surface area contributed by atoms with Crippen LogP contribution < -0.4 is 4.74 Å². The molecule has 2 aliphatic heterocycles. The predicted octanol–water partition coefficient (Wildman–Crippen LogP) is 2.74. The lowest BCUT2D eigenvalue weighted by atomic mass is 9.68. The molecule has 3 heterocycles. The smallest absolute Gasteiger partial charge is 0.222 e. The maximum absolute atomic E-state index is 12.6. The Hall–Kier alpha value is -2.54. The molecule has 2 aromatic rings. The number of aryl methyl sites for hydroxylation is 1. The SMILES string of the molecule is CCCC(=O)N1CCC2(CC1)CN(C(C)=O)[C@H](CO)c1c2c2ccc(OC)cc2n1C. The van der Waals surface area contributed by atoms with Gasteiger partial charge in [0.15, 0.2) is 0 Å². The number of fused-ring (bicyclic) bond motifs is 4. The van der Waals surface area contributed by atoms with E-state index in [0.717, 1.165) is 41.6 Å². The molecule has 168 valence electrons. The summed E-state index contributed by atoms with van der Waals surface area (Å²) in [6, 6.07) is 5.72. The number of piperidine rings is 1. The second-order valence-electron chi connectivity index (χ2n) is 8.96. The van der Waals surface area contributed by atoms with E-state index < -0.39 is 0 Å². The van der Waals surface area contributed by atoms with E-state index in [0.29, 0.717) is 26.1 Å². The first-order valence-corrected chi connectivity index (χ1v) is 11.2. The molecule has 31 heavy (non-hydrogen) atoms. The number of hydrogen-bond acceptors (Lipinski definition) is 4. The number of amides is 2. The molecule has 1 atom stereocenters. The van der Waals surface area contributed by atoms with Crippen LogP contribution >= 0.6 is 0 Å². The van der Waals surface area contributed by atoms with Gasteiger partial charge in [-0.15, -0.1) is 0 Å². The van der Waals surface area contributed by atoms with Crippen molar-refractivity contribution in [2.45, 2.75) is 51.0 Å². The van der Waals surface area contributed by atoms with Crippen molar-refractivity contribution in [2.24, 2.45) is 7.05 Å². The topological polar surface area (TPSA) is 75.0 Å². The number of likely N-dealkylation sites (tertiary alicyclic amines) is 1. The molecule has 7 nitrogen and oxygen atoms in total. The zero-order valence-corrected chi connectivity index (χ0v) is 19.0. The summed E-state index contributed by atoms with van der Waals surface area (Å²) in [4.78, 5) is 28.9. The van der Waals surface area contributed by atoms with E-state index in [4.69, 9.17) is 4.74 Å². The van der Waals surface area contributed by atoms with Crippen molar-refractivity contribution in [1.29, 1.82) is 0 Å². The summed E-state index contributed by atoms with van der Waals surface area (Å²) in [6.45, 7) is 5.45. The second kappa shape index (κ2) is 8.19. The highest BCUT2D eigenvalue weighted by molar-refractivity contribution is 5.89. The lowest BCUT2D eigenvalue weighted by Crippen LogP contribution is -2.55. The fraction of sp³-hybridized carbons (Fsp3) is 0.583. The van der Waals surface area contributed by atoms with Gasteiger partial charge in [-0.25, -0.2) is 0 Å². The Morgan fingerprint density at radius 2 is 1.97 bits per heavy atom. The lowest BCUT2D eigenvalue weighted by molar-refractivity contribution is -0.137. The third-order valence-corrected chi connectivity index (χ3v) is 7.26. The van der Waals surface area contributed by atoms with Crippen LogP contribution in [0.25, 0.3) is 10.9 Å². The zero-order chi connectivity index (χ0) is 22.3. The second-order valence-corrected chi connectivity index (χ2v) is 8.96. The minimum absolute atomic E-state index is 0.0311. The molecule has 0 aliphatic carbocycles. The van der Waals surface area contributed by atoms with E-state index in [-0.39, 0.29) is 29.9 Å². The first-order valence-electron chi connectivity index (χ1n) is 11.2. The van der Waals surface area contributed by atoms with Crippen LogP contribution in [-0.2, 0) is 22.1 Å². The van der Waals surface area contributed by atoms with Gasteiger partial charge in [0.2, 0.25) is 11.8 Å². The van der Waals surface area contributed by atoms with Crippen molar-refractivity contribution in [1.82, 2.24) is 14.4 Å². The van der Waals surface area contributed by atoms with E-state index in [1.807, 2.05) is 35.9 Å². The summed E-state index contributed by atoms with van der Waals surface area (Å²) >= 11 is 0. The number of carbonyl (C=O) groups excluding carboxylic acids is 2. The maximum Gasteiger partial charge on any atom is 0.222 e. The monoisotopic (exact) mass is 427 g/mol. The molecule has 0 bridgehead atoms. The van der Waals surface area contributed by atoms with Gasteiger partial charge in [-0.3, -0.25) is 9.59 Å². The number of aliphatic hydroxyl groups excluding tert-OH is 1. The van der Waals surface area contributed by atoms with Gasteiger partial charge in [0.25, 0.3) is 0 Å². The fourth-order valence-electron chi connectivity index (χ4n) is 5.65. The van der Waals surface area contributed by atoms with E-state index in [9.17, 15) is 14.7 Å². The Bertz CT molecular complexity index is 1000. The maximum atomic E-state index is 12.6. The first-order chi connectivity index (χ1) is 14.9.